The van der Waals surface area contributed by atoms with Crippen molar-refractivity contribution in [1.82, 2.24) is 0 Å². The van der Waals surface area contributed by atoms with Crippen molar-refractivity contribution in [3.63, 3.8) is 0 Å². The number of hydrogen-bond acceptors (Lipinski definition) is 1. The van der Waals surface area contributed by atoms with E-state index in [1.807, 2.05) is 94.5 Å². The Morgan fingerprint density at radius 2 is 1.60 bits per heavy atom. The number of rotatable bonds is 5. The van der Waals surface area contributed by atoms with E-state index in [0.29, 0.717) is 5.57 Å². The first kappa shape index (κ1) is 17.8. The van der Waals surface area contributed by atoms with E-state index in [1.165, 1.54) is 0 Å². The fraction of sp³-hybridized carbons (Fsp3) is 0.211. The molecule has 0 aliphatic carbocycles. The van der Waals surface area contributed by atoms with E-state index in [4.69, 9.17) is 0 Å². The van der Waals surface area contributed by atoms with Crippen molar-refractivity contribution in [3.05, 3.63) is 77.9 Å². The van der Waals surface area contributed by atoms with Gasteiger partial charge in [-0.15, -0.1) is 0 Å². The highest BCUT2D eigenvalue weighted by atomic mass is 16.1. The average Bonchev–Trinajstić information content (AvgIpc) is 2.52. The van der Waals surface area contributed by atoms with Crippen LogP contribution in [-0.4, -0.2) is 5.78 Å². The van der Waals surface area contributed by atoms with Crippen LogP contribution in [0.4, 0.5) is 0 Å². The van der Waals surface area contributed by atoms with Gasteiger partial charge >= 0.3 is 0 Å². The molecule has 0 amide bonds. The van der Waals surface area contributed by atoms with Gasteiger partial charge in [-0.3, -0.25) is 4.79 Å². The summed E-state index contributed by atoms with van der Waals surface area (Å²) in [6.45, 7) is 7.81. The SMILES string of the molecule is CC.C\C=C/C=C\C(=C/C)C(=O)/C=C/c1ccccc1. The predicted octanol–water partition coefficient (Wildman–Crippen LogP) is 5.37. The second-order valence-corrected chi connectivity index (χ2v) is 3.74. The summed E-state index contributed by atoms with van der Waals surface area (Å²) < 4.78 is 0. The zero-order valence-corrected chi connectivity index (χ0v) is 12.8. The lowest BCUT2D eigenvalue weighted by molar-refractivity contribution is -0.111. The summed E-state index contributed by atoms with van der Waals surface area (Å²) in [6.07, 6.45) is 12.8. The first-order chi connectivity index (χ1) is 9.77. The molecule has 0 bridgehead atoms. The summed E-state index contributed by atoms with van der Waals surface area (Å²) in [5.41, 5.74) is 1.72. The third-order valence-electron chi connectivity index (χ3n) is 2.40. The molecule has 0 aliphatic rings. The molecule has 1 aromatic rings. The molecule has 0 N–H and O–H groups in total. The molecule has 0 radical (unpaired) electrons. The molecule has 0 saturated carbocycles. The minimum absolute atomic E-state index is 0.0158. The maximum absolute atomic E-state index is 11.9. The van der Waals surface area contributed by atoms with Crippen LogP contribution in [0.25, 0.3) is 6.08 Å². The van der Waals surface area contributed by atoms with Crippen LogP contribution in [0.3, 0.4) is 0 Å². The Kier molecular flexibility index (Phi) is 10.6. The minimum Gasteiger partial charge on any atom is -0.289 e. The molecule has 1 rings (SSSR count). The summed E-state index contributed by atoms with van der Waals surface area (Å²) in [4.78, 5) is 11.9. The summed E-state index contributed by atoms with van der Waals surface area (Å²) in [5.74, 6) is 0.0158. The van der Waals surface area contributed by atoms with Crippen molar-refractivity contribution in [1.29, 1.82) is 0 Å². The van der Waals surface area contributed by atoms with Gasteiger partial charge < -0.3 is 0 Å². The largest absolute Gasteiger partial charge is 0.289 e. The Balaban J connectivity index is 0.00000172. The van der Waals surface area contributed by atoms with E-state index in [0.717, 1.165) is 5.56 Å². The third kappa shape index (κ3) is 7.32. The highest BCUT2D eigenvalue weighted by Crippen LogP contribution is 2.05. The molecule has 0 unspecified atom stereocenters. The van der Waals surface area contributed by atoms with Gasteiger partial charge in [-0.25, -0.2) is 0 Å². The van der Waals surface area contributed by atoms with Gasteiger partial charge in [0, 0.05) is 5.57 Å². The van der Waals surface area contributed by atoms with E-state index in [2.05, 4.69) is 0 Å². The molecule has 1 heteroatoms. The molecule has 0 aliphatic heterocycles. The Bertz CT molecular complexity index is 488. The summed E-state index contributed by atoms with van der Waals surface area (Å²) in [6, 6.07) is 9.79. The van der Waals surface area contributed by atoms with Crippen LogP contribution >= 0.6 is 0 Å². The lowest BCUT2D eigenvalue weighted by Gasteiger charge is -1.95. The van der Waals surface area contributed by atoms with Crippen molar-refractivity contribution in [2.24, 2.45) is 0 Å². The summed E-state index contributed by atoms with van der Waals surface area (Å²) in [5, 5.41) is 0. The Hall–Kier alpha value is -2.15. The maximum Gasteiger partial charge on any atom is 0.185 e. The first-order valence-corrected chi connectivity index (χ1v) is 7.01. The van der Waals surface area contributed by atoms with Crippen molar-refractivity contribution in [2.45, 2.75) is 27.7 Å². The predicted molar refractivity (Wildman–Crippen MR) is 89.5 cm³/mol. The van der Waals surface area contributed by atoms with E-state index in [1.54, 1.807) is 6.08 Å². The highest BCUT2D eigenvalue weighted by Gasteiger charge is 1.99. The van der Waals surface area contributed by atoms with Gasteiger partial charge in [0.1, 0.15) is 0 Å². The van der Waals surface area contributed by atoms with E-state index >= 15 is 0 Å². The lowest BCUT2D eigenvalue weighted by Crippen LogP contribution is -1.94. The average molecular weight is 268 g/mol. The maximum atomic E-state index is 11.9. The summed E-state index contributed by atoms with van der Waals surface area (Å²) >= 11 is 0. The molecular weight excluding hydrogens is 244 g/mol. The number of benzene rings is 1. The van der Waals surface area contributed by atoms with Crippen LogP contribution in [0.1, 0.15) is 33.3 Å². The van der Waals surface area contributed by atoms with Crippen LogP contribution in [0, 0.1) is 0 Å². The quantitative estimate of drug-likeness (QED) is 0.518. The normalized spacial score (nSPS) is 11.9. The van der Waals surface area contributed by atoms with E-state index < -0.39 is 0 Å². The second kappa shape index (κ2) is 11.9. The number of carbonyl (C=O) groups is 1. The van der Waals surface area contributed by atoms with Gasteiger partial charge in [-0.1, -0.05) is 80.6 Å². The molecule has 0 atom stereocenters. The molecule has 0 saturated heterocycles. The van der Waals surface area contributed by atoms with Crippen LogP contribution in [-0.2, 0) is 4.79 Å². The Morgan fingerprint density at radius 3 is 2.15 bits per heavy atom. The third-order valence-corrected chi connectivity index (χ3v) is 2.40. The fourth-order valence-corrected chi connectivity index (χ4v) is 1.42. The number of carbonyl (C=O) groups excluding carboxylic acids is 1. The second-order valence-electron chi connectivity index (χ2n) is 3.74. The number of ketones is 1. The Morgan fingerprint density at radius 1 is 0.950 bits per heavy atom. The topological polar surface area (TPSA) is 17.1 Å². The van der Waals surface area contributed by atoms with Crippen molar-refractivity contribution < 1.29 is 4.79 Å². The molecule has 0 heterocycles. The van der Waals surface area contributed by atoms with Gasteiger partial charge in [-0.2, -0.15) is 0 Å². The zero-order valence-electron chi connectivity index (χ0n) is 12.8. The molecule has 20 heavy (non-hydrogen) atoms. The van der Waals surface area contributed by atoms with Crippen LogP contribution in [0.5, 0.6) is 0 Å². The van der Waals surface area contributed by atoms with Gasteiger partial charge in [0.05, 0.1) is 0 Å². The van der Waals surface area contributed by atoms with Crippen LogP contribution in [0.2, 0.25) is 0 Å². The zero-order chi connectivity index (χ0) is 15.2. The van der Waals surface area contributed by atoms with Crippen molar-refractivity contribution >= 4 is 11.9 Å². The molecule has 0 spiro atoms. The summed E-state index contributed by atoms with van der Waals surface area (Å²) in [7, 11) is 0. The van der Waals surface area contributed by atoms with Gasteiger partial charge in [-0.05, 0) is 25.5 Å². The van der Waals surface area contributed by atoms with Gasteiger partial charge in [0.15, 0.2) is 5.78 Å². The van der Waals surface area contributed by atoms with Gasteiger partial charge in [0.2, 0.25) is 0 Å². The fourth-order valence-electron chi connectivity index (χ4n) is 1.42. The standard InChI is InChI=1S/C17H18O.C2H6/c1-3-5-7-12-16(4-2)17(18)14-13-15-10-8-6-9-11-15;1-2/h3-14H,1-2H3;1-2H3/b5-3-,12-7-,14-13+,16-4+;. The van der Waals surface area contributed by atoms with Crippen LogP contribution in [0.15, 0.2) is 72.4 Å². The van der Waals surface area contributed by atoms with Crippen LogP contribution < -0.4 is 0 Å². The molecule has 0 fully saturated rings. The smallest absolute Gasteiger partial charge is 0.185 e. The first-order valence-electron chi connectivity index (χ1n) is 7.01. The lowest BCUT2D eigenvalue weighted by atomic mass is 10.1. The monoisotopic (exact) mass is 268 g/mol. The van der Waals surface area contributed by atoms with Crippen molar-refractivity contribution in [2.75, 3.05) is 0 Å². The van der Waals surface area contributed by atoms with E-state index in [9.17, 15) is 4.79 Å². The number of hydrogen-bond donors (Lipinski definition) is 0. The number of allylic oxidation sites excluding steroid dienone is 7. The molecule has 0 aromatic heterocycles. The molecular formula is C19H24O. The highest BCUT2D eigenvalue weighted by molar-refractivity contribution is 6.08. The molecule has 106 valence electrons. The Labute approximate surface area is 123 Å². The van der Waals surface area contributed by atoms with Gasteiger partial charge in [0.25, 0.3) is 0 Å². The minimum atomic E-state index is 0.0158. The van der Waals surface area contributed by atoms with Crippen molar-refractivity contribution in [3.8, 4) is 0 Å². The molecule has 1 nitrogen and oxygen atoms in total. The molecule has 1 aromatic carbocycles. The van der Waals surface area contributed by atoms with E-state index in [-0.39, 0.29) is 5.78 Å².